The summed E-state index contributed by atoms with van der Waals surface area (Å²) < 4.78 is 33.7. The Labute approximate surface area is 308 Å². The molecule has 282 valence electrons. The first-order valence-electron chi connectivity index (χ1n) is 18.7. The predicted molar refractivity (Wildman–Crippen MR) is 194 cm³/mol. The molecule has 2 saturated carbocycles. The van der Waals surface area contributed by atoms with Crippen LogP contribution >= 0.6 is 0 Å². The average Bonchev–Trinajstić information content (AvgIpc) is 4.07. The van der Waals surface area contributed by atoms with Crippen LogP contribution in [0.1, 0.15) is 87.5 Å². The number of sulfonamides is 1. The molecule has 1 unspecified atom stereocenters. The monoisotopic (exact) mass is 746 g/mol. The molecule has 4 N–H and O–H groups in total. The number of rotatable bonds is 3. The molecule has 14 nitrogen and oxygen atoms in total. The molecule has 0 spiro atoms. The van der Waals surface area contributed by atoms with Gasteiger partial charge in [-0.3, -0.25) is 28.7 Å². The summed E-state index contributed by atoms with van der Waals surface area (Å²) in [5.74, 6) is -2.47. The molecule has 2 aromatic rings. The first-order chi connectivity index (χ1) is 25.5. The third kappa shape index (κ3) is 8.40. The van der Waals surface area contributed by atoms with Crippen molar-refractivity contribution in [1.82, 2.24) is 30.6 Å². The van der Waals surface area contributed by atoms with Crippen LogP contribution < -0.4 is 25.4 Å². The molecule has 5 aliphatic rings. The number of aromatic nitrogens is 1. The van der Waals surface area contributed by atoms with E-state index in [0.717, 1.165) is 18.4 Å². The molecule has 2 aliphatic carbocycles. The Bertz CT molecular complexity index is 1910. The van der Waals surface area contributed by atoms with Crippen molar-refractivity contribution in [2.45, 2.75) is 106 Å². The third-order valence-corrected chi connectivity index (χ3v) is 12.5. The summed E-state index contributed by atoms with van der Waals surface area (Å²) >= 11 is 0. The maximum atomic E-state index is 14.4. The van der Waals surface area contributed by atoms with Gasteiger partial charge in [0, 0.05) is 30.5 Å². The molecule has 1 aromatic heterocycles. The number of nitrogens with one attached hydrogen (secondary N) is 4. The minimum absolute atomic E-state index is 0.0211. The fourth-order valence-electron chi connectivity index (χ4n) is 7.48. The van der Waals surface area contributed by atoms with E-state index >= 15 is 0 Å². The second kappa shape index (κ2) is 15.3. The number of carbonyl (C=O) groups is 5. The van der Waals surface area contributed by atoms with Crippen molar-refractivity contribution in [3.63, 3.8) is 0 Å². The maximum absolute atomic E-state index is 14.4. The Morgan fingerprint density at radius 3 is 2.58 bits per heavy atom. The zero-order valence-electron chi connectivity index (χ0n) is 29.6. The second-order valence-corrected chi connectivity index (χ2v) is 16.7. The van der Waals surface area contributed by atoms with Gasteiger partial charge in [0.1, 0.15) is 29.1 Å². The number of pyridine rings is 1. The fraction of sp³-hybridized carbons (Fsp3) is 0.526. The molecule has 0 radical (unpaired) electrons. The first kappa shape index (κ1) is 36.6. The number of hydrogen-bond donors (Lipinski definition) is 4. The number of nitrogens with zero attached hydrogens (tertiary/aromatic N) is 2. The van der Waals surface area contributed by atoms with Crippen molar-refractivity contribution in [2.75, 3.05) is 13.2 Å². The first-order valence-corrected chi connectivity index (χ1v) is 20.2. The Morgan fingerprint density at radius 2 is 1.75 bits per heavy atom. The number of allylic oxidation sites excluding steroid dienone is 1. The molecular weight excluding hydrogens is 701 g/mol. The predicted octanol–water partition coefficient (Wildman–Crippen LogP) is 2.50. The molecule has 5 atom stereocenters. The molecule has 1 saturated heterocycles. The van der Waals surface area contributed by atoms with Crippen molar-refractivity contribution in [1.29, 1.82) is 0 Å². The molecule has 53 heavy (non-hydrogen) atoms. The number of amides is 5. The van der Waals surface area contributed by atoms with E-state index in [1.807, 2.05) is 36.4 Å². The standard InChI is InChI=1S/C38H46N6O8S/c45-33-16-6-7-19-52-27-12-8-10-24(20-27)29-14-9-15-30(40-29)34(46)39-26-21-32-35(47)42-38(37(49)43-53(50,51)28-17-18-28)22-25(38)11-4-2-1-3-5-13-31(41-33)36(48)44(32)23-26/h4,8-12,14-15,20,25-26,28,31-32H,1-3,5-7,13,16-19,21-23H2,(H,39,46)(H,41,45)(H,42,47)(H,43,49)/b11-4-/t25-,26-,31+,32+,38?/m1/s1. The van der Waals surface area contributed by atoms with Gasteiger partial charge in [0.2, 0.25) is 27.7 Å². The van der Waals surface area contributed by atoms with Gasteiger partial charge in [0.15, 0.2) is 0 Å². The number of fused-ring (bicyclic) bond motifs is 8. The summed E-state index contributed by atoms with van der Waals surface area (Å²) in [6.45, 7) is 0.356. The van der Waals surface area contributed by atoms with Crippen LogP contribution in [0.2, 0.25) is 0 Å². The Hall–Kier alpha value is -4.79. The highest BCUT2D eigenvalue weighted by atomic mass is 32.2. The van der Waals surface area contributed by atoms with Gasteiger partial charge in [-0.2, -0.15) is 0 Å². The molecule has 5 amide bonds. The Morgan fingerprint density at radius 1 is 0.943 bits per heavy atom. The second-order valence-electron chi connectivity index (χ2n) is 14.8. The van der Waals surface area contributed by atoms with E-state index < -0.39 is 68.5 Å². The summed E-state index contributed by atoms with van der Waals surface area (Å²) in [6, 6.07) is 9.80. The van der Waals surface area contributed by atoms with E-state index in [1.165, 1.54) is 4.90 Å². The van der Waals surface area contributed by atoms with E-state index in [9.17, 15) is 32.4 Å². The zero-order valence-corrected chi connectivity index (χ0v) is 30.4. The summed E-state index contributed by atoms with van der Waals surface area (Å²) in [7, 11) is -3.89. The van der Waals surface area contributed by atoms with Crippen molar-refractivity contribution in [3.8, 4) is 17.0 Å². The minimum atomic E-state index is -3.89. The molecule has 1 aromatic carbocycles. The van der Waals surface area contributed by atoms with Crippen LogP contribution in [0.25, 0.3) is 11.3 Å². The smallest absolute Gasteiger partial charge is 0.270 e. The largest absolute Gasteiger partial charge is 0.494 e. The van der Waals surface area contributed by atoms with E-state index in [1.54, 1.807) is 18.2 Å². The topological polar surface area (TPSA) is 193 Å². The van der Waals surface area contributed by atoms with Gasteiger partial charge in [-0.1, -0.05) is 43.2 Å². The van der Waals surface area contributed by atoms with Crippen LogP contribution in [0.4, 0.5) is 0 Å². The van der Waals surface area contributed by atoms with Crippen molar-refractivity contribution in [3.05, 3.63) is 60.3 Å². The SMILES string of the molecule is O=C1CCCCOc2cccc(c2)-c2cccc(n2)C(=O)N[C@@H]2C[C@H]3C(=O)NC4(C(=O)NS(=O)(=O)C5CC5)C[C@H]4/C=C\CCCCC[C@H](N1)C(=O)N3C2. The summed E-state index contributed by atoms with van der Waals surface area (Å²) in [5.41, 5.74) is -0.0455. The van der Waals surface area contributed by atoms with Crippen LogP contribution in [0.15, 0.2) is 54.6 Å². The van der Waals surface area contributed by atoms with Crippen LogP contribution in [-0.2, 0) is 29.2 Å². The molecule has 3 aliphatic heterocycles. The third-order valence-electron chi connectivity index (χ3n) is 10.7. The molecule has 3 fully saturated rings. The van der Waals surface area contributed by atoms with Crippen LogP contribution in [0, 0.1) is 5.92 Å². The highest BCUT2D eigenvalue weighted by Gasteiger charge is 2.62. The number of carbonyl (C=O) groups excluding carboxylic acids is 5. The Kier molecular flexibility index (Phi) is 10.5. The van der Waals surface area contributed by atoms with E-state index in [4.69, 9.17) is 4.74 Å². The molecule has 7 rings (SSSR count). The molecule has 4 heterocycles. The average molecular weight is 747 g/mol. The van der Waals surface area contributed by atoms with Gasteiger partial charge >= 0.3 is 0 Å². The number of benzene rings is 1. The van der Waals surface area contributed by atoms with E-state index in [2.05, 4.69) is 25.7 Å². The Balaban J connectivity index is 1.19. The number of ether oxygens (including phenoxy) is 1. The van der Waals surface area contributed by atoms with Crippen molar-refractivity contribution >= 4 is 39.6 Å². The highest BCUT2D eigenvalue weighted by Crippen LogP contribution is 2.46. The van der Waals surface area contributed by atoms with Gasteiger partial charge < -0.3 is 25.6 Å². The lowest BCUT2D eigenvalue weighted by Gasteiger charge is -2.30. The quantitative estimate of drug-likeness (QED) is 0.342. The van der Waals surface area contributed by atoms with Crippen LogP contribution in [-0.4, -0.2) is 89.9 Å². The summed E-state index contributed by atoms with van der Waals surface area (Å²) in [4.78, 5) is 75.2. The maximum Gasteiger partial charge on any atom is 0.270 e. The lowest BCUT2D eigenvalue weighted by atomic mass is 10.0. The molecule has 7 bridgehead atoms. The molecular formula is C38H46N6O8S. The zero-order chi connectivity index (χ0) is 37.2. The van der Waals surface area contributed by atoms with Gasteiger partial charge in [-0.05, 0) is 82.1 Å². The lowest BCUT2D eigenvalue weighted by molar-refractivity contribution is -0.142. The van der Waals surface area contributed by atoms with Crippen LogP contribution in [0.5, 0.6) is 5.75 Å². The van der Waals surface area contributed by atoms with Gasteiger partial charge in [0.25, 0.3) is 11.8 Å². The van der Waals surface area contributed by atoms with Gasteiger partial charge in [-0.25, -0.2) is 13.4 Å². The van der Waals surface area contributed by atoms with Gasteiger partial charge in [-0.15, -0.1) is 0 Å². The summed E-state index contributed by atoms with van der Waals surface area (Å²) in [5, 5.41) is 8.10. The van der Waals surface area contributed by atoms with E-state index in [-0.39, 0.29) is 37.4 Å². The van der Waals surface area contributed by atoms with Crippen molar-refractivity contribution in [2.24, 2.45) is 5.92 Å². The normalized spacial score (nSPS) is 29.2. The molecule has 15 heteroatoms. The number of hydrogen-bond acceptors (Lipinski definition) is 9. The lowest BCUT2D eigenvalue weighted by Crippen LogP contribution is -2.58. The summed E-state index contributed by atoms with van der Waals surface area (Å²) in [6.07, 6.45) is 9.59. The van der Waals surface area contributed by atoms with E-state index in [0.29, 0.717) is 63.0 Å². The minimum Gasteiger partial charge on any atom is -0.494 e. The fourth-order valence-corrected chi connectivity index (χ4v) is 8.84. The van der Waals surface area contributed by atoms with Gasteiger partial charge in [0.05, 0.1) is 17.6 Å². The van der Waals surface area contributed by atoms with Crippen LogP contribution in [0.3, 0.4) is 0 Å². The van der Waals surface area contributed by atoms with Crippen molar-refractivity contribution < 1.29 is 37.1 Å². The highest BCUT2D eigenvalue weighted by molar-refractivity contribution is 7.91.